The Kier molecular flexibility index (Phi) is 9.80. The van der Waals surface area contributed by atoms with Gasteiger partial charge in [0.15, 0.2) is 0 Å². The zero-order chi connectivity index (χ0) is 28.0. The molecule has 0 unspecified atom stereocenters. The van der Waals surface area contributed by atoms with Gasteiger partial charge >= 0.3 is 5.97 Å². The molecule has 0 spiro atoms. The maximum atomic E-state index is 13.1. The molecule has 2 bridgehead atoms. The number of fused-ring (bicyclic) bond motifs is 2. The van der Waals surface area contributed by atoms with Crippen LogP contribution in [0.15, 0.2) is 35.6 Å². The first-order valence-corrected chi connectivity index (χ1v) is 14.1. The molecule has 10 heteroatoms. The van der Waals surface area contributed by atoms with Crippen molar-refractivity contribution in [1.29, 1.82) is 0 Å². The second-order valence-electron chi connectivity index (χ2n) is 10.8. The number of methoxy groups -OCH3 is 2. The molecule has 1 fully saturated rings. The highest BCUT2D eigenvalue weighted by Crippen LogP contribution is 2.31. The van der Waals surface area contributed by atoms with E-state index in [1.807, 2.05) is 6.92 Å². The van der Waals surface area contributed by atoms with Crippen LogP contribution in [0, 0.1) is 0 Å². The van der Waals surface area contributed by atoms with Gasteiger partial charge in [0, 0.05) is 45.8 Å². The lowest BCUT2D eigenvalue weighted by Crippen LogP contribution is -2.62. The van der Waals surface area contributed by atoms with E-state index in [-0.39, 0.29) is 17.9 Å². The lowest BCUT2D eigenvalue weighted by atomic mass is 9.88. The topological polar surface area (TPSA) is 106 Å². The number of esters is 1. The minimum absolute atomic E-state index is 0.119. The molecule has 9 nitrogen and oxygen atoms in total. The number of piperidine rings is 1. The number of rotatable bonds is 12. The summed E-state index contributed by atoms with van der Waals surface area (Å²) in [5.41, 5.74) is 8.56. The highest BCUT2D eigenvalue weighted by molar-refractivity contribution is 6.33. The maximum absolute atomic E-state index is 13.1. The number of anilines is 1. The molecule has 1 aromatic carbocycles. The number of nitrogens with two attached hydrogens (primary N) is 1. The van der Waals surface area contributed by atoms with E-state index in [1.165, 1.54) is 24.3 Å². The molecule has 1 amide bonds. The molecule has 1 aromatic rings. The van der Waals surface area contributed by atoms with Crippen LogP contribution in [0.1, 0.15) is 55.8 Å². The van der Waals surface area contributed by atoms with Gasteiger partial charge < -0.3 is 35.1 Å². The molecule has 0 radical (unpaired) electrons. The van der Waals surface area contributed by atoms with E-state index in [0.29, 0.717) is 41.6 Å². The number of nitrogens with zero attached hydrogens (tertiary/aromatic N) is 2. The number of unbranched alkanes of at least 4 members (excludes halogenated alkanes) is 2. The predicted octanol–water partition coefficient (Wildman–Crippen LogP) is 3.77. The molecule has 0 aliphatic carbocycles. The van der Waals surface area contributed by atoms with Crippen molar-refractivity contribution >= 4 is 29.2 Å². The smallest absolute Gasteiger partial charge is 0.306 e. The summed E-state index contributed by atoms with van der Waals surface area (Å²) in [4.78, 5) is 29.9. The van der Waals surface area contributed by atoms with Crippen molar-refractivity contribution in [3.63, 3.8) is 0 Å². The number of likely N-dealkylation sites (tertiary alicyclic amines) is 1. The van der Waals surface area contributed by atoms with Crippen LogP contribution < -0.4 is 15.8 Å². The van der Waals surface area contributed by atoms with Crippen LogP contribution >= 0.6 is 11.6 Å². The monoisotopic (exact) mass is 560 g/mol. The number of halogens is 1. The maximum Gasteiger partial charge on any atom is 0.306 e. The minimum atomic E-state index is -0.553. The zero-order valence-corrected chi connectivity index (χ0v) is 24.0. The number of benzene rings is 1. The number of allylic oxidation sites excluding steroid dienone is 1. The first-order chi connectivity index (χ1) is 18.7. The van der Waals surface area contributed by atoms with Gasteiger partial charge in [-0.05, 0) is 68.6 Å². The molecule has 5 rings (SSSR count). The van der Waals surface area contributed by atoms with E-state index >= 15 is 0 Å². The number of carbonyl (C=O) groups excluding carboxylic acids is 2. The molecule has 39 heavy (non-hydrogen) atoms. The lowest BCUT2D eigenvalue weighted by Gasteiger charge is -2.45. The quantitative estimate of drug-likeness (QED) is 0.226. The van der Waals surface area contributed by atoms with Gasteiger partial charge in [0.1, 0.15) is 12.4 Å². The number of amides is 1. The largest absolute Gasteiger partial charge is 0.496 e. The second-order valence-corrected chi connectivity index (χ2v) is 11.2. The third kappa shape index (κ3) is 7.26. The van der Waals surface area contributed by atoms with Crippen molar-refractivity contribution < 1.29 is 23.8 Å². The van der Waals surface area contributed by atoms with E-state index in [9.17, 15) is 9.59 Å². The van der Waals surface area contributed by atoms with Crippen LogP contribution in [-0.4, -0.2) is 86.9 Å². The Hall–Kier alpha value is -2.75. The zero-order valence-electron chi connectivity index (χ0n) is 23.3. The first kappa shape index (κ1) is 29.2. The van der Waals surface area contributed by atoms with E-state index < -0.39 is 5.60 Å². The molecule has 4 heterocycles. The van der Waals surface area contributed by atoms with Crippen LogP contribution in [0.25, 0.3) is 0 Å². The van der Waals surface area contributed by atoms with Gasteiger partial charge in [0.25, 0.3) is 5.91 Å². The SMILES string of the molecule is COc1cc(N)c(Cl)cc1C(=O)N[C@@H]1CCN(CCCCCC(=O)OCC2=C3C=CN(CC3)C2)C[C@@]1(C)OC. The number of hydrogen-bond acceptors (Lipinski definition) is 8. The summed E-state index contributed by atoms with van der Waals surface area (Å²) in [7, 11) is 3.17. The van der Waals surface area contributed by atoms with Crippen LogP contribution in [0.5, 0.6) is 5.75 Å². The fourth-order valence-electron chi connectivity index (χ4n) is 5.57. The normalized spacial score (nSPS) is 22.8. The molecule has 1 saturated heterocycles. The fraction of sp³-hybridized carbons (Fsp3) is 0.586. The molecular formula is C29H41ClN4O5. The average Bonchev–Trinajstić information content (AvgIpc) is 2.94. The summed E-state index contributed by atoms with van der Waals surface area (Å²) in [6, 6.07) is 2.92. The third-order valence-corrected chi connectivity index (χ3v) is 8.44. The number of nitrogen functional groups attached to an aromatic ring is 1. The highest BCUT2D eigenvalue weighted by atomic mass is 35.5. The molecule has 0 saturated carbocycles. The minimum Gasteiger partial charge on any atom is -0.496 e. The average molecular weight is 561 g/mol. The summed E-state index contributed by atoms with van der Waals surface area (Å²) in [6.45, 7) is 6.82. The number of hydrogen-bond donors (Lipinski definition) is 2. The number of nitrogens with one attached hydrogen (secondary N) is 1. The van der Waals surface area contributed by atoms with Crippen LogP contribution in [0.4, 0.5) is 5.69 Å². The Balaban J connectivity index is 1.18. The van der Waals surface area contributed by atoms with Crippen molar-refractivity contribution in [2.24, 2.45) is 0 Å². The number of carbonyl (C=O) groups is 2. The molecule has 4 aliphatic rings. The van der Waals surface area contributed by atoms with Crippen LogP contribution in [0.3, 0.4) is 0 Å². The molecule has 0 aromatic heterocycles. The van der Waals surface area contributed by atoms with Gasteiger partial charge in [-0.25, -0.2) is 0 Å². The highest BCUT2D eigenvalue weighted by Gasteiger charge is 2.41. The predicted molar refractivity (Wildman–Crippen MR) is 152 cm³/mol. The van der Waals surface area contributed by atoms with Gasteiger partial charge in [-0.1, -0.05) is 18.0 Å². The summed E-state index contributed by atoms with van der Waals surface area (Å²) in [6.07, 6.45) is 9.25. The van der Waals surface area contributed by atoms with Crippen LogP contribution in [-0.2, 0) is 14.3 Å². The fourth-order valence-corrected chi connectivity index (χ4v) is 5.74. The van der Waals surface area contributed by atoms with E-state index in [2.05, 4.69) is 27.4 Å². The summed E-state index contributed by atoms with van der Waals surface area (Å²) in [5, 5.41) is 3.43. The van der Waals surface area contributed by atoms with E-state index in [0.717, 1.165) is 58.3 Å². The lowest BCUT2D eigenvalue weighted by molar-refractivity contribution is -0.142. The second kappa shape index (κ2) is 13.1. The first-order valence-electron chi connectivity index (χ1n) is 13.7. The summed E-state index contributed by atoms with van der Waals surface area (Å²) < 4.78 is 16.8. The molecule has 3 N–H and O–H groups in total. The van der Waals surface area contributed by atoms with Gasteiger partial charge in [-0.15, -0.1) is 0 Å². The van der Waals surface area contributed by atoms with Gasteiger partial charge in [-0.2, -0.15) is 0 Å². The summed E-state index contributed by atoms with van der Waals surface area (Å²) in [5.74, 6) is -0.0148. The van der Waals surface area contributed by atoms with Gasteiger partial charge in [0.05, 0.1) is 35.0 Å². The molecule has 214 valence electrons. The Morgan fingerprint density at radius 1 is 1.21 bits per heavy atom. The van der Waals surface area contributed by atoms with Gasteiger partial charge in [-0.3, -0.25) is 9.59 Å². The Morgan fingerprint density at radius 2 is 2.03 bits per heavy atom. The standard InChI is InChI=1S/C29H41ClN4O5/c1-29(38-3)19-34(14-10-26(29)32-28(36)22-15-23(30)24(31)16-25(22)37-2)11-6-4-5-7-27(35)39-18-21-17-33-12-8-20(21)9-13-33/h8,12,15-16,26H,4-7,9-11,13-14,17-19,31H2,1-3H3,(H,32,36)/t26-,29-/m1/s1. The molecule has 4 aliphatic heterocycles. The van der Waals surface area contributed by atoms with Crippen molar-refractivity contribution in [2.45, 2.75) is 57.1 Å². The van der Waals surface area contributed by atoms with Crippen LogP contribution in [0.2, 0.25) is 5.02 Å². The Morgan fingerprint density at radius 3 is 2.69 bits per heavy atom. The van der Waals surface area contributed by atoms with Crippen molar-refractivity contribution in [1.82, 2.24) is 15.1 Å². The third-order valence-electron chi connectivity index (χ3n) is 8.11. The molecular weight excluding hydrogens is 520 g/mol. The Labute approximate surface area is 236 Å². The van der Waals surface area contributed by atoms with Gasteiger partial charge in [0.2, 0.25) is 0 Å². The van der Waals surface area contributed by atoms with E-state index in [1.54, 1.807) is 13.2 Å². The Bertz CT molecular complexity index is 1120. The van der Waals surface area contributed by atoms with Crippen molar-refractivity contribution in [3.8, 4) is 5.75 Å². The van der Waals surface area contributed by atoms with Crippen molar-refractivity contribution in [2.75, 3.05) is 59.3 Å². The van der Waals surface area contributed by atoms with Crippen molar-refractivity contribution in [3.05, 3.63) is 46.1 Å². The number of ether oxygens (including phenoxy) is 3. The van der Waals surface area contributed by atoms with E-state index in [4.69, 9.17) is 31.5 Å². The molecule has 2 atom stereocenters. The summed E-state index contributed by atoms with van der Waals surface area (Å²) >= 11 is 6.16.